The van der Waals surface area contributed by atoms with E-state index in [-0.39, 0.29) is 18.9 Å². The van der Waals surface area contributed by atoms with Gasteiger partial charge in [0.1, 0.15) is 28.0 Å². The van der Waals surface area contributed by atoms with Crippen molar-refractivity contribution in [2.24, 2.45) is 0 Å². The smallest absolute Gasteiger partial charge is 0.387 e. The van der Waals surface area contributed by atoms with Crippen molar-refractivity contribution in [3.63, 3.8) is 0 Å². The van der Waals surface area contributed by atoms with Gasteiger partial charge in [-0.2, -0.15) is 17.6 Å². The Morgan fingerprint density at radius 1 is 0.717 bits per heavy atom. The molecular formula is C41H48F4O4S4. The van der Waals surface area contributed by atoms with Gasteiger partial charge in [0.15, 0.2) is 0 Å². The van der Waals surface area contributed by atoms with Crippen LogP contribution in [-0.2, 0) is 4.08 Å². The molecule has 4 aromatic rings. The molecule has 2 fully saturated rings. The molecule has 2 aliphatic rings. The lowest BCUT2D eigenvalue weighted by atomic mass is 9.97. The molecule has 4 aromatic carbocycles. The number of hydrogen-bond acceptors (Lipinski definition) is 8. The van der Waals surface area contributed by atoms with Crippen LogP contribution in [0.5, 0.6) is 11.5 Å². The minimum Gasteiger partial charge on any atom is -0.435 e. The summed E-state index contributed by atoms with van der Waals surface area (Å²) in [7, 11) is 0. The third-order valence-electron chi connectivity index (χ3n) is 8.13. The molecule has 1 N–H and O–H groups in total. The first-order valence-corrected chi connectivity index (χ1v) is 20.9. The third kappa shape index (κ3) is 13.2. The second kappa shape index (κ2) is 21.9. The van der Waals surface area contributed by atoms with Crippen LogP contribution < -0.4 is 9.47 Å². The van der Waals surface area contributed by atoms with Crippen molar-refractivity contribution >= 4 is 53.3 Å². The van der Waals surface area contributed by atoms with Crippen LogP contribution in [0.2, 0.25) is 0 Å². The lowest BCUT2D eigenvalue weighted by Gasteiger charge is -2.40. The number of thioether (sulfide) groups is 4. The summed E-state index contributed by atoms with van der Waals surface area (Å²) in [6.45, 7) is 1.84. The highest BCUT2D eigenvalue weighted by Crippen LogP contribution is 2.57. The number of carbonyl (C=O) groups is 1. The summed E-state index contributed by atoms with van der Waals surface area (Å²) >= 11 is 7.69. The SMILES string of the molecule is C.Cc1cc(C=O)ccc1OC(F)F.Cc1cccc(C2(C(O)c3ccc(OC(F)F)c(C)c3)SCCCS2)c1.Cc1cccc(C2SCCCS2)c1. The third-order valence-corrected chi connectivity index (χ3v) is 14.6. The molecule has 1 unspecified atom stereocenters. The van der Waals surface area contributed by atoms with Gasteiger partial charge in [-0.3, -0.25) is 4.79 Å². The number of aliphatic hydroxyl groups is 1. The van der Waals surface area contributed by atoms with Gasteiger partial charge in [-0.15, -0.1) is 47.0 Å². The quantitative estimate of drug-likeness (QED) is 0.133. The standard InChI is InChI=1S/C20H22F2O2S2.C11H14S2.C9H8F2O2.CH4/c1-13-5-3-6-16(11-13)20(25-9-4-10-26-20)18(23)15-7-8-17(14(2)12-15)24-19(21)22;1-9-4-2-5-10(8-9)11-12-6-3-7-13-11;1-6-4-7(5-12)2-3-8(6)13-9(10)11;/h3,5-8,11-12,18-19,23H,4,9-10H2,1-2H3;2,4-5,8,11H,3,6-7H2,1H3;2-5,9H,1H3;1H4. The molecule has 0 saturated carbocycles. The van der Waals surface area contributed by atoms with Gasteiger partial charge in [-0.05, 0) is 122 Å². The molecule has 288 valence electrons. The summed E-state index contributed by atoms with van der Waals surface area (Å²) in [5, 5.41) is 11.3. The fourth-order valence-corrected chi connectivity index (χ4v) is 11.9. The van der Waals surface area contributed by atoms with E-state index in [9.17, 15) is 27.5 Å². The maximum atomic E-state index is 12.5. The summed E-state index contributed by atoms with van der Waals surface area (Å²) in [5.74, 6) is 4.84. The van der Waals surface area contributed by atoms with E-state index in [1.54, 1.807) is 49.5 Å². The topological polar surface area (TPSA) is 55.8 Å². The molecule has 0 amide bonds. The highest BCUT2D eigenvalue weighted by atomic mass is 32.2. The Hall–Kier alpha value is -2.77. The number of ether oxygens (including phenoxy) is 2. The van der Waals surface area contributed by atoms with Crippen molar-refractivity contribution in [3.05, 3.63) is 129 Å². The summed E-state index contributed by atoms with van der Waals surface area (Å²) in [4.78, 5) is 10.3. The van der Waals surface area contributed by atoms with E-state index in [4.69, 9.17) is 0 Å². The molecule has 0 aromatic heterocycles. The van der Waals surface area contributed by atoms with Crippen molar-refractivity contribution in [2.75, 3.05) is 23.0 Å². The van der Waals surface area contributed by atoms with Crippen molar-refractivity contribution < 1.29 is 36.9 Å². The Morgan fingerprint density at radius 2 is 1.26 bits per heavy atom. The van der Waals surface area contributed by atoms with Crippen LogP contribution >= 0.6 is 47.0 Å². The maximum Gasteiger partial charge on any atom is 0.387 e. The van der Waals surface area contributed by atoms with Gasteiger partial charge in [-0.25, -0.2) is 0 Å². The molecule has 2 heterocycles. The van der Waals surface area contributed by atoms with Crippen LogP contribution in [-0.4, -0.2) is 47.6 Å². The molecular weight excluding hydrogens is 761 g/mol. The molecule has 2 saturated heterocycles. The predicted molar refractivity (Wildman–Crippen MR) is 219 cm³/mol. The largest absolute Gasteiger partial charge is 0.435 e. The zero-order chi connectivity index (χ0) is 37.7. The molecule has 0 radical (unpaired) electrons. The van der Waals surface area contributed by atoms with E-state index in [0.29, 0.717) is 33.1 Å². The predicted octanol–water partition coefficient (Wildman–Crippen LogP) is 12.6. The number of aliphatic hydroxyl groups excluding tert-OH is 1. The Balaban J connectivity index is 0.000000235. The Morgan fingerprint density at radius 3 is 1.79 bits per heavy atom. The summed E-state index contributed by atoms with van der Waals surface area (Å²) < 4.78 is 57.5. The first-order chi connectivity index (χ1) is 24.9. The average molecular weight is 809 g/mol. The Labute approximate surface area is 328 Å². The van der Waals surface area contributed by atoms with Gasteiger partial charge in [0, 0.05) is 5.56 Å². The summed E-state index contributed by atoms with van der Waals surface area (Å²) in [5.41, 5.74) is 7.38. The van der Waals surface area contributed by atoms with E-state index in [0.717, 1.165) is 29.1 Å². The number of hydrogen-bond donors (Lipinski definition) is 1. The molecule has 1 atom stereocenters. The van der Waals surface area contributed by atoms with Crippen LogP contribution in [0.25, 0.3) is 0 Å². The van der Waals surface area contributed by atoms with Crippen molar-refractivity contribution in [1.29, 1.82) is 0 Å². The minimum absolute atomic E-state index is 0. The van der Waals surface area contributed by atoms with Gasteiger partial charge < -0.3 is 14.6 Å². The molecule has 0 aliphatic carbocycles. The molecule has 53 heavy (non-hydrogen) atoms. The number of aldehydes is 1. The maximum absolute atomic E-state index is 12.5. The van der Waals surface area contributed by atoms with E-state index in [1.165, 1.54) is 53.3 Å². The van der Waals surface area contributed by atoms with Crippen molar-refractivity contribution in [1.82, 2.24) is 0 Å². The van der Waals surface area contributed by atoms with E-state index in [2.05, 4.69) is 76.3 Å². The summed E-state index contributed by atoms with van der Waals surface area (Å²) in [6, 6.07) is 26.4. The van der Waals surface area contributed by atoms with E-state index in [1.807, 2.05) is 19.1 Å². The normalized spacial score (nSPS) is 15.9. The number of alkyl halides is 4. The number of rotatable bonds is 9. The number of halogens is 4. The van der Waals surface area contributed by atoms with Crippen LogP contribution in [0.4, 0.5) is 17.6 Å². The van der Waals surface area contributed by atoms with Gasteiger partial charge >= 0.3 is 13.2 Å². The average Bonchev–Trinajstić information content (AvgIpc) is 3.14. The van der Waals surface area contributed by atoms with E-state index >= 15 is 0 Å². The van der Waals surface area contributed by atoms with Crippen LogP contribution in [0, 0.1) is 27.7 Å². The highest BCUT2D eigenvalue weighted by Gasteiger charge is 2.43. The molecule has 0 bridgehead atoms. The second-order valence-corrected chi connectivity index (χ2v) is 17.9. The monoisotopic (exact) mass is 808 g/mol. The Bertz CT molecular complexity index is 1730. The lowest BCUT2D eigenvalue weighted by molar-refractivity contribution is -0.0509. The van der Waals surface area contributed by atoms with Gasteiger partial charge in [0.05, 0.1) is 4.58 Å². The molecule has 6 rings (SSSR count). The van der Waals surface area contributed by atoms with Crippen LogP contribution in [0.1, 0.15) is 80.3 Å². The number of aryl methyl sites for hydroxylation is 4. The zero-order valence-electron chi connectivity index (χ0n) is 29.5. The summed E-state index contributed by atoms with van der Waals surface area (Å²) in [6.07, 6.45) is 2.38. The van der Waals surface area contributed by atoms with Gasteiger partial charge in [-0.1, -0.05) is 73.2 Å². The van der Waals surface area contributed by atoms with Crippen molar-refractivity contribution in [3.8, 4) is 11.5 Å². The fourth-order valence-electron chi connectivity index (χ4n) is 5.65. The lowest BCUT2D eigenvalue weighted by Crippen LogP contribution is -2.30. The molecule has 0 spiro atoms. The number of carbonyl (C=O) groups excluding carboxylic acids is 1. The van der Waals surface area contributed by atoms with Gasteiger partial charge in [0.25, 0.3) is 0 Å². The second-order valence-electron chi connectivity index (χ2n) is 12.3. The van der Waals surface area contributed by atoms with Crippen molar-refractivity contribution in [2.45, 2.75) is 76.0 Å². The fraction of sp³-hybridized carbons (Fsp3) is 0.390. The van der Waals surface area contributed by atoms with Gasteiger partial charge in [0.2, 0.25) is 0 Å². The number of benzene rings is 4. The minimum atomic E-state index is -2.85. The first kappa shape index (κ1) is 44.6. The van der Waals surface area contributed by atoms with Crippen LogP contribution in [0.3, 0.4) is 0 Å². The molecule has 2 aliphatic heterocycles. The van der Waals surface area contributed by atoms with Crippen LogP contribution in [0.15, 0.2) is 84.9 Å². The zero-order valence-corrected chi connectivity index (χ0v) is 32.8. The highest BCUT2D eigenvalue weighted by molar-refractivity contribution is 8.18. The Kier molecular flexibility index (Phi) is 18.5. The molecule has 12 heteroatoms. The first-order valence-electron chi connectivity index (χ1n) is 16.8. The molecule has 4 nitrogen and oxygen atoms in total. The van der Waals surface area contributed by atoms with E-state index < -0.39 is 23.4 Å².